The first-order chi connectivity index (χ1) is 9.61. The van der Waals surface area contributed by atoms with Crippen LogP contribution in [0.15, 0.2) is 17.0 Å². The van der Waals surface area contributed by atoms with Crippen molar-refractivity contribution in [2.24, 2.45) is 5.41 Å². The summed E-state index contributed by atoms with van der Waals surface area (Å²) in [5.41, 5.74) is 1.79. The maximum Gasteiger partial charge on any atom is 0.161 e. The number of hydrogen-bond donors (Lipinski definition) is 1. The number of rotatable bonds is 7. The standard InChI is InChI=1S/C16H25NO2S/c1-16(6-5-7-16)11-17-10-12-8-13(18-2)14(19-3)9-15(12)20-4/h8-9,17H,5-7,10-11H2,1-4H3. The number of nitrogens with one attached hydrogen (secondary N) is 1. The van der Waals surface area contributed by atoms with E-state index in [9.17, 15) is 0 Å². The van der Waals surface area contributed by atoms with E-state index in [0.717, 1.165) is 24.6 Å². The predicted octanol–water partition coefficient (Wildman–Crippen LogP) is 3.71. The Morgan fingerprint density at radius 2 is 1.85 bits per heavy atom. The normalized spacial score (nSPS) is 16.6. The molecule has 112 valence electrons. The Hall–Kier alpha value is -0.870. The summed E-state index contributed by atoms with van der Waals surface area (Å²) >= 11 is 1.75. The third-order valence-electron chi connectivity index (χ3n) is 4.21. The molecule has 0 unspecified atom stereocenters. The molecular weight excluding hydrogens is 270 g/mol. The minimum Gasteiger partial charge on any atom is -0.493 e. The number of benzene rings is 1. The average Bonchev–Trinajstić information content (AvgIpc) is 2.44. The van der Waals surface area contributed by atoms with E-state index in [0.29, 0.717) is 5.41 Å². The summed E-state index contributed by atoms with van der Waals surface area (Å²) in [4.78, 5) is 1.24. The van der Waals surface area contributed by atoms with Gasteiger partial charge in [0.15, 0.2) is 11.5 Å². The van der Waals surface area contributed by atoms with Gasteiger partial charge in [-0.2, -0.15) is 0 Å². The number of ether oxygens (including phenoxy) is 2. The van der Waals surface area contributed by atoms with Gasteiger partial charge in [-0.3, -0.25) is 0 Å². The molecule has 1 aromatic rings. The molecule has 1 saturated carbocycles. The van der Waals surface area contributed by atoms with Gasteiger partial charge in [0.25, 0.3) is 0 Å². The van der Waals surface area contributed by atoms with Crippen molar-refractivity contribution in [3.63, 3.8) is 0 Å². The maximum absolute atomic E-state index is 5.39. The fourth-order valence-electron chi connectivity index (χ4n) is 2.69. The van der Waals surface area contributed by atoms with Crippen molar-refractivity contribution in [1.29, 1.82) is 0 Å². The lowest BCUT2D eigenvalue weighted by Gasteiger charge is -2.38. The molecule has 1 N–H and O–H groups in total. The van der Waals surface area contributed by atoms with E-state index in [1.54, 1.807) is 26.0 Å². The van der Waals surface area contributed by atoms with Crippen LogP contribution in [0.3, 0.4) is 0 Å². The topological polar surface area (TPSA) is 30.5 Å². The van der Waals surface area contributed by atoms with E-state index in [-0.39, 0.29) is 0 Å². The molecule has 0 aromatic heterocycles. The first kappa shape index (κ1) is 15.5. The van der Waals surface area contributed by atoms with Crippen LogP contribution in [-0.4, -0.2) is 27.0 Å². The summed E-state index contributed by atoms with van der Waals surface area (Å²) in [6, 6.07) is 4.15. The summed E-state index contributed by atoms with van der Waals surface area (Å²) in [6.07, 6.45) is 6.17. The Balaban J connectivity index is 2.05. The third kappa shape index (κ3) is 3.41. The van der Waals surface area contributed by atoms with Crippen molar-refractivity contribution in [1.82, 2.24) is 5.32 Å². The zero-order valence-corrected chi connectivity index (χ0v) is 13.7. The quantitative estimate of drug-likeness (QED) is 0.777. The van der Waals surface area contributed by atoms with Crippen LogP contribution in [0, 0.1) is 5.41 Å². The van der Waals surface area contributed by atoms with Crippen LogP contribution in [-0.2, 0) is 6.54 Å². The van der Waals surface area contributed by atoms with Gasteiger partial charge in [-0.05, 0) is 42.2 Å². The fraction of sp³-hybridized carbons (Fsp3) is 0.625. The Morgan fingerprint density at radius 1 is 1.20 bits per heavy atom. The number of methoxy groups -OCH3 is 2. The Kier molecular flexibility index (Phi) is 5.22. The van der Waals surface area contributed by atoms with Gasteiger partial charge in [-0.1, -0.05) is 13.3 Å². The van der Waals surface area contributed by atoms with Gasteiger partial charge < -0.3 is 14.8 Å². The van der Waals surface area contributed by atoms with E-state index >= 15 is 0 Å². The van der Waals surface area contributed by atoms with Crippen LogP contribution < -0.4 is 14.8 Å². The van der Waals surface area contributed by atoms with Crippen LogP contribution in [0.5, 0.6) is 11.5 Å². The highest BCUT2D eigenvalue weighted by Crippen LogP contribution is 2.39. The Labute approximate surface area is 126 Å². The molecule has 3 nitrogen and oxygen atoms in total. The fourth-order valence-corrected chi connectivity index (χ4v) is 3.30. The summed E-state index contributed by atoms with van der Waals surface area (Å²) in [5.74, 6) is 1.60. The average molecular weight is 295 g/mol. The number of thioether (sulfide) groups is 1. The van der Waals surface area contributed by atoms with Crippen molar-refractivity contribution in [2.75, 3.05) is 27.0 Å². The highest BCUT2D eigenvalue weighted by molar-refractivity contribution is 7.98. The van der Waals surface area contributed by atoms with Gasteiger partial charge in [0.1, 0.15) is 0 Å². The molecule has 0 saturated heterocycles. The molecular formula is C16H25NO2S. The minimum atomic E-state index is 0.510. The maximum atomic E-state index is 5.39. The molecule has 0 atom stereocenters. The van der Waals surface area contributed by atoms with Crippen molar-refractivity contribution in [2.45, 2.75) is 37.6 Å². The van der Waals surface area contributed by atoms with Gasteiger partial charge in [0.05, 0.1) is 14.2 Å². The molecule has 0 spiro atoms. The van der Waals surface area contributed by atoms with Gasteiger partial charge in [-0.25, -0.2) is 0 Å². The SMILES string of the molecule is COc1cc(CNCC2(C)CCC2)c(SC)cc1OC. The molecule has 0 bridgehead atoms. The molecule has 4 heteroatoms. The van der Waals surface area contributed by atoms with Crippen LogP contribution in [0.25, 0.3) is 0 Å². The molecule has 1 fully saturated rings. The predicted molar refractivity (Wildman–Crippen MR) is 85.0 cm³/mol. The van der Waals surface area contributed by atoms with Gasteiger partial charge in [0.2, 0.25) is 0 Å². The van der Waals surface area contributed by atoms with E-state index in [1.165, 1.54) is 29.7 Å². The Bertz CT molecular complexity index is 458. The Morgan fingerprint density at radius 3 is 2.35 bits per heavy atom. The van der Waals surface area contributed by atoms with Crippen molar-refractivity contribution >= 4 is 11.8 Å². The van der Waals surface area contributed by atoms with Crippen molar-refractivity contribution in [3.05, 3.63) is 17.7 Å². The molecule has 2 rings (SSSR count). The second-order valence-corrected chi connectivity index (χ2v) is 6.63. The lowest BCUT2D eigenvalue weighted by molar-refractivity contribution is 0.156. The zero-order valence-electron chi connectivity index (χ0n) is 12.9. The van der Waals surface area contributed by atoms with Crippen LogP contribution >= 0.6 is 11.8 Å². The van der Waals surface area contributed by atoms with E-state index < -0.39 is 0 Å². The first-order valence-electron chi connectivity index (χ1n) is 7.11. The molecule has 1 aliphatic rings. The van der Waals surface area contributed by atoms with E-state index in [4.69, 9.17) is 9.47 Å². The second kappa shape index (κ2) is 6.72. The highest BCUT2D eigenvalue weighted by atomic mass is 32.2. The molecule has 0 heterocycles. The molecule has 1 aliphatic carbocycles. The first-order valence-corrected chi connectivity index (χ1v) is 8.34. The lowest BCUT2D eigenvalue weighted by atomic mass is 9.70. The monoisotopic (exact) mass is 295 g/mol. The summed E-state index contributed by atoms with van der Waals surface area (Å²) in [7, 11) is 3.36. The summed E-state index contributed by atoms with van der Waals surface area (Å²) < 4.78 is 10.8. The second-order valence-electron chi connectivity index (χ2n) is 5.79. The largest absolute Gasteiger partial charge is 0.493 e. The molecule has 0 amide bonds. The summed E-state index contributed by atoms with van der Waals surface area (Å²) in [5, 5.41) is 3.60. The minimum absolute atomic E-state index is 0.510. The van der Waals surface area contributed by atoms with Crippen LogP contribution in [0.1, 0.15) is 31.7 Å². The van der Waals surface area contributed by atoms with Crippen LogP contribution in [0.4, 0.5) is 0 Å². The van der Waals surface area contributed by atoms with Gasteiger partial charge in [0, 0.05) is 18.0 Å². The lowest BCUT2D eigenvalue weighted by Crippen LogP contribution is -2.37. The third-order valence-corrected chi connectivity index (χ3v) is 5.03. The molecule has 0 radical (unpaired) electrons. The smallest absolute Gasteiger partial charge is 0.161 e. The summed E-state index contributed by atoms with van der Waals surface area (Å²) in [6.45, 7) is 4.34. The van der Waals surface area contributed by atoms with E-state index in [2.05, 4.69) is 30.6 Å². The molecule has 20 heavy (non-hydrogen) atoms. The molecule has 1 aromatic carbocycles. The highest BCUT2D eigenvalue weighted by Gasteiger charge is 2.30. The van der Waals surface area contributed by atoms with Crippen molar-refractivity contribution in [3.8, 4) is 11.5 Å². The van der Waals surface area contributed by atoms with Crippen LogP contribution in [0.2, 0.25) is 0 Å². The number of hydrogen-bond acceptors (Lipinski definition) is 4. The van der Waals surface area contributed by atoms with Crippen molar-refractivity contribution < 1.29 is 9.47 Å². The van der Waals surface area contributed by atoms with Gasteiger partial charge >= 0.3 is 0 Å². The zero-order chi connectivity index (χ0) is 14.6. The molecule has 0 aliphatic heterocycles. The van der Waals surface area contributed by atoms with E-state index in [1.807, 2.05) is 0 Å². The van der Waals surface area contributed by atoms with Gasteiger partial charge in [-0.15, -0.1) is 11.8 Å².